The number of Topliss-reactive ketones (excluding diaryl/α,β-unsaturated/α-hetero) is 1. The van der Waals surface area contributed by atoms with Gasteiger partial charge in [0.1, 0.15) is 0 Å². The van der Waals surface area contributed by atoms with E-state index >= 15 is 0 Å². The van der Waals surface area contributed by atoms with Gasteiger partial charge in [-0.25, -0.2) is 4.79 Å². The summed E-state index contributed by atoms with van der Waals surface area (Å²) in [6.45, 7) is 0. The molecular formula is C21H18FeO3+2. The summed E-state index contributed by atoms with van der Waals surface area (Å²) in [4.78, 5) is 23.4. The molecule has 126 valence electrons. The molecule has 3 rings (SSSR count). The van der Waals surface area contributed by atoms with E-state index in [0.29, 0.717) is 17.0 Å². The minimum absolute atomic E-state index is 0. The van der Waals surface area contributed by atoms with Gasteiger partial charge < -0.3 is 4.74 Å². The number of methoxy groups -OCH3 is 1. The molecule has 0 spiro atoms. The van der Waals surface area contributed by atoms with E-state index in [4.69, 9.17) is 0 Å². The van der Waals surface area contributed by atoms with Gasteiger partial charge in [0.2, 0.25) is 0 Å². The first kappa shape index (κ1) is 21.7. The van der Waals surface area contributed by atoms with Crippen molar-refractivity contribution >= 4 is 17.8 Å². The fourth-order valence-corrected chi connectivity index (χ4v) is 2.08. The van der Waals surface area contributed by atoms with Crippen molar-refractivity contribution in [1.82, 2.24) is 0 Å². The summed E-state index contributed by atoms with van der Waals surface area (Å²) in [6, 6.07) is 7.15. The third-order valence-corrected chi connectivity index (χ3v) is 3.29. The Morgan fingerprint density at radius 3 is 2.00 bits per heavy atom. The van der Waals surface area contributed by atoms with Crippen molar-refractivity contribution in [3.05, 3.63) is 105 Å². The second-order valence-corrected chi connectivity index (χ2v) is 4.91. The van der Waals surface area contributed by atoms with Gasteiger partial charge in [-0.15, -0.1) is 0 Å². The predicted octanol–water partition coefficient (Wildman–Crippen LogP) is 3.48. The van der Waals surface area contributed by atoms with Crippen LogP contribution in [0.5, 0.6) is 0 Å². The van der Waals surface area contributed by atoms with Crippen LogP contribution in [-0.2, 0) is 26.6 Å². The van der Waals surface area contributed by atoms with Gasteiger partial charge in [-0.2, -0.15) is 0 Å². The van der Waals surface area contributed by atoms with E-state index in [1.54, 1.807) is 37.1 Å². The zero-order chi connectivity index (χ0) is 17.2. The number of carbonyl (C=O) groups excluding carboxylic acids is 2. The molecule has 0 unspecified atom stereocenters. The van der Waals surface area contributed by atoms with Crippen molar-refractivity contribution in [3.8, 4) is 0 Å². The predicted molar refractivity (Wildman–Crippen MR) is 93.8 cm³/mol. The van der Waals surface area contributed by atoms with Gasteiger partial charge in [0.15, 0.2) is 5.78 Å². The Bertz CT molecular complexity index is 563. The maximum Gasteiger partial charge on any atom is 2.00 e. The standard InChI is InChI=1S/C16H13O3.C5H5.Fe/c1-19-15(17)11-10-12-6-4-5-9-14(12)16(18)13-7-2-3-8-13;1-2-4-5-3-1;/h2-11H,1H3;1-5H;/q;;+2/b11-10+;;. The minimum Gasteiger partial charge on any atom is -0.466 e. The van der Waals surface area contributed by atoms with E-state index < -0.39 is 5.97 Å². The van der Waals surface area contributed by atoms with Crippen LogP contribution in [0.15, 0.2) is 30.3 Å². The third kappa shape index (κ3) is 7.17. The molecule has 10 radical (unpaired) electrons. The van der Waals surface area contributed by atoms with Gasteiger partial charge in [0, 0.05) is 11.6 Å². The Kier molecular flexibility index (Phi) is 10.4. The second-order valence-electron chi connectivity index (χ2n) is 4.91. The zero-order valence-electron chi connectivity index (χ0n) is 13.7. The van der Waals surface area contributed by atoms with Gasteiger partial charge >= 0.3 is 23.0 Å². The van der Waals surface area contributed by atoms with Crippen molar-refractivity contribution in [3.63, 3.8) is 0 Å². The molecule has 2 fully saturated rings. The first-order valence-corrected chi connectivity index (χ1v) is 7.50. The molecule has 2 aliphatic carbocycles. The minimum atomic E-state index is -0.449. The van der Waals surface area contributed by atoms with Crippen LogP contribution in [0.2, 0.25) is 0 Å². The molecule has 0 atom stereocenters. The fraction of sp³-hybridized carbons (Fsp3) is 0.0476. The smallest absolute Gasteiger partial charge is 0.466 e. The quantitative estimate of drug-likeness (QED) is 0.351. The monoisotopic (exact) mass is 374 g/mol. The molecule has 0 aliphatic heterocycles. The number of carbonyl (C=O) groups is 2. The van der Waals surface area contributed by atoms with Gasteiger partial charge in [-0.05, 0) is 69.4 Å². The van der Waals surface area contributed by atoms with Gasteiger partial charge in [-0.1, -0.05) is 24.3 Å². The average molecular weight is 374 g/mol. The molecular weight excluding hydrogens is 356 g/mol. The van der Waals surface area contributed by atoms with Crippen LogP contribution in [0, 0.1) is 63.7 Å². The number of benzene rings is 1. The largest absolute Gasteiger partial charge is 2.00 e. The number of rotatable bonds is 4. The molecule has 0 N–H and O–H groups in total. The molecule has 3 nitrogen and oxygen atoms in total. The molecule has 0 saturated heterocycles. The first-order valence-electron chi connectivity index (χ1n) is 7.50. The summed E-state index contributed by atoms with van der Waals surface area (Å²) in [5.74, 6) is 0.129. The molecule has 1 aromatic rings. The van der Waals surface area contributed by atoms with Crippen molar-refractivity contribution < 1.29 is 31.4 Å². The summed E-state index contributed by atoms with van der Waals surface area (Å²) in [5.41, 5.74) is 1.26. The molecule has 2 aliphatic rings. The van der Waals surface area contributed by atoms with E-state index in [9.17, 15) is 9.59 Å². The van der Waals surface area contributed by atoms with E-state index in [-0.39, 0.29) is 22.9 Å². The van der Waals surface area contributed by atoms with Gasteiger partial charge in [0.25, 0.3) is 0 Å². The van der Waals surface area contributed by atoms with Crippen LogP contribution in [-0.4, -0.2) is 18.9 Å². The number of ether oxygens (including phenoxy) is 1. The Labute approximate surface area is 161 Å². The molecule has 0 aromatic heterocycles. The number of hydrogen-bond acceptors (Lipinski definition) is 3. The topological polar surface area (TPSA) is 43.4 Å². The van der Waals surface area contributed by atoms with Crippen molar-refractivity contribution in [2.45, 2.75) is 0 Å². The zero-order valence-corrected chi connectivity index (χ0v) is 14.8. The van der Waals surface area contributed by atoms with Crippen LogP contribution in [0.1, 0.15) is 15.9 Å². The van der Waals surface area contributed by atoms with Gasteiger partial charge in [-0.3, -0.25) is 4.79 Å². The molecule has 0 bridgehead atoms. The van der Waals surface area contributed by atoms with Crippen molar-refractivity contribution in [1.29, 1.82) is 0 Å². The molecule has 1 aromatic carbocycles. The molecule has 4 heteroatoms. The maximum absolute atomic E-state index is 12.3. The van der Waals surface area contributed by atoms with E-state index in [1.165, 1.54) is 13.2 Å². The second kappa shape index (κ2) is 12.1. The Morgan fingerprint density at radius 1 is 0.880 bits per heavy atom. The van der Waals surface area contributed by atoms with Crippen LogP contribution >= 0.6 is 0 Å². The molecule has 2 saturated carbocycles. The van der Waals surface area contributed by atoms with E-state index in [2.05, 4.69) is 4.74 Å². The maximum atomic E-state index is 12.3. The van der Waals surface area contributed by atoms with E-state index in [1.807, 2.05) is 51.0 Å². The first-order chi connectivity index (χ1) is 11.7. The molecule has 0 amide bonds. The Balaban J connectivity index is 0.000000448. The van der Waals surface area contributed by atoms with Crippen molar-refractivity contribution in [2.75, 3.05) is 7.11 Å². The van der Waals surface area contributed by atoms with E-state index in [0.717, 1.165) is 0 Å². The van der Waals surface area contributed by atoms with Crippen LogP contribution < -0.4 is 0 Å². The fourth-order valence-electron chi connectivity index (χ4n) is 2.08. The summed E-state index contributed by atoms with van der Waals surface area (Å²) in [5, 5.41) is 0. The summed E-state index contributed by atoms with van der Waals surface area (Å²) >= 11 is 0. The van der Waals surface area contributed by atoms with Gasteiger partial charge in [0.05, 0.1) is 13.0 Å². The third-order valence-electron chi connectivity index (χ3n) is 3.29. The summed E-state index contributed by atoms with van der Waals surface area (Å²) in [6.07, 6.45) is 20.1. The molecule has 25 heavy (non-hydrogen) atoms. The van der Waals surface area contributed by atoms with Crippen LogP contribution in [0.4, 0.5) is 0 Å². The summed E-state index contributed by atoms with van der Waals surface area (Å²) in [7, 11) is 1.31. The Morgan fingerprint density at radius 2 is 1.44 bits per heavy atom. The average Bonchev–Trinajstić information content (AvgIpc) is 3.35. The number of esters is 1. The van der Waals surface area contributed by atoms with Crippen molar-refractivity contribution in [2.24, 2.45) is 0 Å². The Hall–Kier alpha value is -1.38. The summed E-state index contributed by atoms with van der Waals surface area (Å²) < 4.78 is 4.53. The van der Waals surface area contributed by atoms with Crippen LogP contribution in [0.25, 0.3) is 6.08 Å². The number of hydrogen-bond donors (Lipinski definition) is 0. The molecule has 0 heterocycles. The van der Waals surface area contributed by atoms with Crippen LogP contribution in [0.3, 0.4) is 0 Å². The normalized spacial score (nSPS) is 16.8. The number of ketones is 1. The SMILES string of the molecule is COC(=O)/C=C/c1ccccc1C(=O)[C]1[CH][CH][CH][CH]1.[CH]1[CH][CH][CH][CH]1.[Fe+2].